The highest BCUT2D eigenvalue weighted by Crippen LogP contribution is 2.26. The minimum Gasteiger partial charge on any atom is -0.387 e. The van der Waals surface area contributed by atoms with Gasteiger partial charge in [0, 0.05) is 32.1 Å². The lowest BCUT2D eigenvalue weighted by Gasteiger charge is -2.30. The molecule has 1 saturated heterocycles. The first-order valence-electron chi connectivity index (χ1n) is 8.21. The molecule has 2 atom stereocenters. The summed E-state index contributed by atoms with van der Waals surface area (Å²) in [7, 11) is 0. The van der Waals surface area contributed by atoms with Gasteiger partial charge in [0.05, 0.1) is 6.10 Å². The van der Waals surface area contributed by atoms with E-state index in [-0.39, 0.29) is 17.3 Å². The normalized spacial score (nSPS) is 19.9. The number of hydrogen-bond donors (Lipinski definition) is 2. The first-order valence-corrected chi connectivity index (χ1v) is 8.21. The van der Waals surface area contributed by atoms with Crippen LogP contribution in [0.1, 0.15) is 45.3 Å². The minimum atomic E-state index is -0.734. The smallest absolute Gasteiger partial charge is 0.219 e. The first kappa shape index (κ1) is 17.9. The van der Waals surface area contributed by atoms with Gasteiger partial charge in [-0.2, -0.15) is 0 Å². The molecule has 2 rings (SSSR count). The minimum absolute atomic E-state index is 0.139. The summed E-state index contributed by atoms with van der Waals surface area (Å²) in [5, 5.41) is 13.6. The highest BCUT2D eigenvalue weighted by atomic mass is 19.1. The predicted octanol–water partition coefficient (Wildman–Crippen LogP) is 2.49. The van der Waals surface area contributed by atoms with E-state index in [1.54, 1.807) is 19.1 Å². The Hall–Kier alpha value is -1.46. The Kier molecular flexibility index (Phi) is 5.76. The van der Waals surface area contributed by atoms with Crippen LogP contribution < -0.4 is 5.32 Å². The van der Waals surface area contributed by atoms with Gasteiger partial charge < -0.3 is 15.3 Å². The van der Waals surface area contributed by atoms with Gasteiger partial charge >= 0.3 is 0 Å². The molecule has 128 valence electrons. The molecule has 2 N–H and O–H groups in total. The Labute approximate surface area is 137 Å². The third-order valence-corrected chi connectivity index (χ3v) is 4.54. The van der Waals surface area contributed by atoms with Gasteiger partial charge in [0.25, 0.3) is 0 Å². The van der Waals surface area contributed by atoms with E-state index in [0.717, 1.165) is 25.9 Å². The van der Waals surface area contributed by atoms with Gasteiger partial charge in [-0.3, -0.25) is 4.79 Å². The molecule has 1 aliphatic heterocycles. The van der Waals surface area contributed by atoms with E-state index >= 15 is 0 Å². The van der Waals surface area contributed by atoms with Crippen molar-refractivity contribution in [1.82, 2.24) is 10.2 Å². The summed E-state index contributed by atoms with van der Waals surface area (Å²) in [5.74, 6) is 0.281. The van der Waals surface area contributed by atoms with Crippen LogP contribution in [0.25, 0.3) is 0 Å². The molecular weight excluding hydrogens is 295 g/mol. The Balaban J connectivity index is 1.83. The van der Waals surface area contributed by atoms with Gasteiger partial charge in [0.1, 0.15) is 5.82 Å². The number of rotatable bonds is 6. The molecule has 5 heteroatoms. The molecule has 0 spiro atoms. The molecule has 0 saturated carbocycles. The van der Waals surface area contributed by atoms with Crippen LogP contribution >= 0.6 is 0 Å². The summed E-state index contributed by atoms with van der Waals surface area (Å²) in [6.07, 6.45) is 1.23. The summed E-state index contributed by atoms with van der Waals surface area (Å²) in [6, 6.07) is 6.06. The molecule has 0 unspecified atom stereocenters. The highest BCUT2D eigenvalue weighted by Gasteiger charge is 2.30. The van der Waals surface area contributed by atoms with E-state index in [4.69, 9.17) is 0 Å². The van der Waals surface area contributed by atoms with Crippen molar-refractivity contribution in [3.63, 3.8) is 0 Å². The third kappa shape index (κ3) is 5.29. The number of amides is 1. The number of nitrogens with one attached hydrogen (secondary N) is 1. The molecule has 0 bridgehead atoms. The highest BCUT2D eigenvalue weighted by molar-refractivity contribution is 5.73. The van der Waals surface area contributed by atoms with Gasteiger partial charge in [0.2, 0.25) is 5.91 Å². The molecule has 1 amide bonds. The fourth-order valence-electron chi connectivity index (χ4n) is 3.28. The van der Waals surface area contributed by atoms with Crippen LogP contribution in [0.15, 0.2) is 24.3 Å². The molecular formula is C18H27FN2O2. The maximum absolute atomic E-state index is 13.2. The SMILES string of the molecule is CC(=O)N1CC[C@@H](CC(C)(C)NC[C@H](O)c2cccc(F)c2)C1. The molecule has 1 fully saturated rings. The zero-order valence-corrected chi connectivity index (χ0v) is 14.2. The monoisotopic (exact) mass is 322 g/mol. The van der Waals surface area contributed by atoms with Crippen LogP contribution in [0.2, 0.25) is 0 Å². The molecule has 0 aromatic heterocycles. The van der Waals surface area contributed by atoms with Crippen molar-refractivity contribution in [1.29, 1.82) is 0 Å². The summed E-state index contributed by atoms with van der Waals surface area (Å²) >= 11 is 0. The van der Waals surface area contributed by atoms with Gasteiger partial charge in [-0.1, -0.05) is 12.1 Å². The predicted molar refractivity (Wildman–Crippen MR) is 88.4 cm³/mol. The number of carbonyl (C=O) groups excluding carboxylic acids is 1. The molecule has 23 heavy (non-hydrogen) atoms. The van der Waals surface area contributed by atoms with Crippen molar-refractivity contribution in [2.24, 2.45) is 5.92 Å². The van der Waals surface area contributed by atoms with E-state index in [2.05, 4.69) is 19.2 Å². The van der Waals surface area contributed by atoms with Gasteiger partial charge in [-0.25, -0.2) is 4.39 Å². The van der Waals surface area contributed by atoms with Crippen molar-refractivity contribution < 1.29 is 14.3 Å². The van der Waals surface area contributed by atoms with Crippen molar-refractivity contribution in [3.05, 3.63) is 35.6 Å². The maximum atomic E-state index is 13.2. The number of likely N-dealkylation sites (tertiary alicyclic amines) is 1. The van der Waals surface area contributed by atoms with Crippen LogP contribution in [0.4, 0.5) is 4.39 Å². The quantitative estimate of drug-likeness (QED) is 0.846. The lowest BCUT2D eigenvalue weighted by Crippen LogP contribution is -2.43. The molecule has 1 heterocycles. The summed E-state index contributed by atoms with van der Waals surface area (Å²) in [4.78, 5) is 13.3. The number of nitrogens with zero attached hydrogens (tertiary/aromatic N) is 1. The number of aliphatic hydroxyl groups excluding tert-OH is 1. The van der Waals surface area contributed by atoms with Gasteiger partial charge in [-0.15, -0.1) is 0 Å². The maximum Gasteiger partial charge on any atom is 0.219 e. The van der Waals surface area contributed by atoms with Crippen LogP contribution in [0, 0.1) is 11.7 Å². The van der Waals surface area contributed by atoms with Gasteiger partial charge in [-0.05, 0) is 50.3 Å². The lowest BCUT2D eigenvalue weighted by atomic mass is 9.89. The van der Waals surface area contributed by atoms with E-state index in [1.807, 2.05) is 4.90 Å². The van der Waals surface area contributed by atoms with Crippen LogP contribution in [-0.4, -0.2) is 41.1 Å². The fourth-order valence-corrected chi connectivity index (χ4v) is 3.28. The molecule has 0 aliphatic carbocycles. The molecule has 1 aromatic carbocycles. The Bertz CT molecular complexity index is 548. The van der Waals surface area contributed by atoms with Crippen molar-refractivity contribution in [3.8, 4) is 0 Å². The average Bonchev–Trinajstić information content (AvgIpc) is 2.93. The number of carbonyl (C=O) groups is 1. The van der Waals surface area contributed by atoms with E-state index in [9.17, 15) is 14.3 Å². The Morgan fingerprint density at radius 2 is 2.26 bits per heavy atom. The fraction of sp³-hybridized carbons (Fsp3) is 0.611. The second kappa shape index (κ2) is 7.41. The van der Waals surface area contributed by atoms with Crippen molar-refractivity contribution in [2.45, 2.75) is 45.3 Å². The summed E-state index contributed by atoms with van der Waals surface area (Å²) in [5.41, 5.74) is 0.433. The van der Waals surface area contributed by atoms with Crippen molar-refractivity contribution >= 4 is 5.91 Å². The Morgan fingerprint density at radius 1 is 1.52 bits per heavy atom. The largest absolute Gasteiger partial charge is 0.387 e. The van der Waals surface area contributed by atoms with E-state index < -0.39 is 6.10 Å². The number of β-amino-alcohol motifs (C(OH)–C–C–N with tert-alkyl or cyclic N) is 1. The lowest BCUT2D eigenvalue weighted by molar-refractivity contribution is -0.127. The average molecular weight is 322 g/mol. The molecule has 4 nitrogen and oxygen atoms in total. The second-order valence-corrected chi connectivity index (χ2v) is 7.16. The third-order valence-electron chi connectivity index (χ3n) is 4.54. The van der Waals surface area contributed by atoms with Crippen LogP contribution in [0.3, 0.4) is 0 Å². The summed E-state index contributed by atoms with van der Waals surface area (Å²) in [6.45, 7) is 7.83. The van der Waals surface area contributed by atoms with E-state index in [0.29, 0.717) is 18.0 Å². The number of halogens is 1. The number of aliphatic hydroxyl groups is 1. The standard InChI is InChI=1S/C18H27FN2O2/c1-13(22)21-8-7-14(12-21)10-18(2,3)20-11-17(23)15-5-4-6-16(19)9-15/h4-6,9,14,17,20,23H,7-8,10-12H2,1-3H3/t14-,17-/m0/s1. The number of hydrogen-bond acceptors (Lipinski definition) is 3. The molecule has 0 radical (unpaired) electrons. The van der Waals surface area contributed by atoms with Crippen LogP contribution in [-0.2, 0) is 4.79 Å². The molecule has 1 aliphatic rings. The second-order valence-electron chi connectivity index (χ2n) is 7.16. The topological polar surface area (TPSA) is 52.6 Å². The van der Waals surface area contributed by atoms with Gasteiger partial charge in [0.15, 0.2) is 0 Å². The van der Waals surface area contributed by atoms with E-state index in [1.165, 1.54) is 12.1 Å². The summed E-state index contributed by atoms with van der Waals surface area (Å²) < 4.78 is 13.2. The van der Waals surface area contributed by atoms with Crippen LogP contribution in [0.5, 0.6) is 0 Å². The number of benzene rings is 1. The molecule has 1 aromatic rings. The van der Waals surface area contributed by atoms with Crippen molar-refractivity contribution in [2.75, 3.05) is 19.6 Å². The first-order chi connectivity index (χ1) is 10.8. The zero-order valence-electron chi connectivity index (χ0n) is 14.2. The Morgan fingerprint density at radius 3 is 2.87 bits per heavy atom. The zero-order chi connectivity index (χ0) is 17.0.